The number of hydrogen-bond acceptors (Lipinski definition) is 2. The summed E-state index contributed by atoms with van der Waals surface area (Å²) >= 11 is 0. The minimum Gasteiger partial charge on any atom is -0.497 e. The molecule has 0 unspecified atom stereocenters. The zero-order valence-electron chi connectivity index (χ0n) is 14.1. The van der Waals surface area contributed by atoms with Gasteiger partial charge in [-0.15, -0.1) is 0 Å². The van der Waals surface area contributed by atoms with Crippen LogP contribution in [0.3, 0.4) is 0 Å². The van der Waals surface area contributed by atoms with Gasteiger partial charge in [0.2, 0.25) is 0 Å². The first-order valence-corrected chi connectivity index (χ1v) is 8.19. The van der Waals surface area contributed by atoms with Crippen molar-refractivity contribution in [2.24, 2.45) is 0 Å². The van der Waals surface area contributed by atoms with E-state index in [1.807, 2.05) is 53.1 Å². The van der Waals surface area contributed by atoms with E-state index in [0.717, 1.165) is 34.2 Å². The summed E-state index contributed by atoms with van der Waals surface area (Å²) in [7, 11) is 1.61. The van der Waals surface area contributed by atoms with Crippen molar-refractivity contribution < 1.29 is 13.5 Å². The molecule has 4 rings (SSSR count). The Bertz CT molecular complexity index is 1070. The SMILES string of the molecule is COc1ccc2c(c1)nc(-c1ccccc1)n2Cc1ccc(F)c(F)c1. The highest BCUT2D eigenvalue weighted by molar-refractivity contribution is 5.82. The van der Waals surface area contributed by atoms with Gasteiger partial charge < -0.3 is 9.30 Å². The lowest BCUT2D eigenvalue weighted by molar-refractivity contribution is 0.415. The van der Waals surface area contributed by atoms with Gasteiger partial charge in [-0.1, -0.05) is 36.4 Å². The fourth-order valence-corrected chi connectivity index (χ4v) is 3.02. The molecule has 0 aliphatic heterocycles. The zero-order chi connectivity index (χ0) is 18.1. The summed E-state index contributed by atoms with van der Waals surface area (Å²) in [6.45, 7) is 0.379. The molecule has 0 atom stereocenters. The molecule has 0 aliphatic carbocycles. The van der Waals surface area contributed by atoms with Crippen LogP contribution in [0.2, 0.25) is 0 Å². The normalized spacial score (nSPS) is 11.0. The van der Waals surface area contributed by atoms with E-state index in [0.29, 0.717) is 12.1 Å². The van der Waals surface area contributed by atoms with Gasteiger partial charge in [-0.3, -0.25) is 0 Å². The Balaban J connectivity index is 1.88. The molecule has 1 aromatic heterocycles. The third kappa shape index (κ3) is 2.92. The number of ether oxygens (including phenoxy) is 1. The second kappa shape index (κ2) is 6.59. The number of benzene rings is 3. The molecule has 26 heavy (non-hydrogen) atoms. The van der Waals surface area contributed by atoms with Crippen LogP contribution in [0.4, 0.5) is 8.78 Å². The summed E-state index contributed by atoms with van der Waals surface area (Å²) in [4.78, 5) is 4.74. The molecule has 0 N–H and O–H groups in total. The summed E-state index contributed by atoms with van der Waals surface area (Å²) in [6, 6.07) is 19.4. The molecule has 4 aromatic rings. The van der Waals surface area contributed by atoms with E-state index in [9.17, 15) is 8.78 Å². The molecule has 0 saturated heterocycles. The predicted octanol–water partition coefficient (Wildman–Crippen LogP) is 5.04. The van der Waals surface area contributed by atoms with Gasteiger partial charge in [0.05, 0.1) is 18.1 Å². The fraction of sp³-hybridized carbons (Fsp3) is 0.0952. The average Bonchev–Trinajstić information content (AvgIpc) is 3.03. The van der Waals surface area contributed by atoms with E-state index in [2.05, 4.69) is 0 Å². The Morgan fingerprint density at radius 2 is 1.73 bits per heavy atom. The summed E-state index contributed by atoms with van der Waals surface area (Å²) in [5.41, 5.74) is 3.29. The van der Waals surface area contributed by atoms with Crippen molar-refractivity contribution >= 4 is 11.0 Å². The number of imidazole rings is 1. The number of aromatic nitrogens is 2. The van der Waals surface area contributed by atoms with Crippen LogP contribution >= 0.6 is 0 Å². The highest BCUT2D eigenvalue weighted by atomic mass is 19.2. The minimum absolute atomic E-state index is 0.379. The molecular weight excluding hydrogens is 334 g/mol. The van der Waals surface area contributed by atoms with E-state index >= 15 is 0 Å². The lowest BCUT2D eigenvalue weighted by Gasteiger charge is -2.10. The predicted molar refractivity (Wildman–Crippen MR) is 97.2 cm³/mol. The monoisotopic (exact) mass is 350 g/mol. The van der Waals surface area contributed by atoms with E-state index in [4.69, 9.17) is 9.72 Å². The quantitative estimate of drug-likeness (QED) is 0.516. The van der Waals surface area contributed by atoms with Gasteiger partial charge in [-0.2, -0.15) is 0 Å². The molecule has 5 heteroatoms. The lowest BCUT2D eigenvalue weighted by Crippen LogP contribution is -2.03. The Labute approximate surface area is 149 Å². The molecule has 0 fully saturated rings. The van der Waals surface area contributed by atoms with Gasteiger partial charge in [0.25, 0.3) is 0 Å². The molecule has 0 saturated carbocycles. The van der Waals surface area contributed by atoms with Crippen LogP contribution < -0.4 is 4.74 Å². The molecule has 0 radical (unpaired) electrons. The van der Waals surface area contributed by atoms with Crippen molar-refractivity contribution in [1.82, 2.24) is 9.55 Å². The maximum atomic E-state index is 13.6. The van der Waals surface area contributed by atoms with Crippen LogP contribution in [0, 0.1) is 11.6 Å². The third-order valence-electron chi connectivity index (χ3n) is 4.31. The van der Waals surface area contributed by atoms with Crippen molar-refractivity contribution in [3.8, 4) is 17.1 Å². The number of nitrogens with zero attached hydrogens (tertiary/aromatic N) is 2. The zero-order valence-corrected chi connectivity index (χ0v) is 14.1. The van der Waals surface area contributed by atoms with Crippen molar-refractivity contribution in [2.75, 3.05) is 7.11 Å². The summed E-state index contributed by atoms with van der Waals surface area (Å²) in [5, 5.41) is 0. The van der Waals surface area contributed by atoms with Crippen LogP contribution in [-0.4, -0.2) is 16.7 Å². The van der Waals surface area contributed by atoms with E-state index in [1.54, 1.807) is 13.2 Å². The Morgan fingerprint density at radius 1 is 0.923 bits per heavy atom. The first kappa shape index (κ1) is 16.3. The first-order valence-electron chi connectivity index (χ1n) is 8.19. The molecule has 0 amide bonds. The largest absolute Gasteiger partial charge is 0.497 e. The highest BCUT2D eigenvalue weighted by Gasteiger charge is 2.14. The van der Waals surface area contributed by atoms with Gasteiger partial charge in [-0.05, 0) is 29.8 Å². The summed E-state index contributed by atoms with van der Waals surface area (Å²) < 4.78 is 34.2. The van der Waals surface area contributed by atoms with Crippen LogP contribution in [0.1, 0.15) is 5.56 Å². The fourth-order valence-electron chi connectivity index (χ4n) is 3.02. The van der Waals surface area contributed by atoms with Crippen LogP contribution in [0.25, 0.3) is 22.4 Å². The standard InChI is InChI=1S/C21H16F2N2O/c1-26-16-8-10-20-19(12-16)24-21(15-5-3-2-4-6-15)25(20)13-14-7-9-17(22)18(23)11-14/h2-12H,13H2,1H3. The van der Waals surface area contributed by atoms with Gasteiger partial charge in [0.1, 0.15) is 11.6 Å². The number of rotatable bonds is 4. The molecule has 3 aromatic carbocycles. The van der Waals surface area contributed by atoms with E-state index in [-0.39, 0.29) is 0 Å². The van der Waals surface area contributed by atoms with Gasteiger partial charge in [0, 0.05) is 18.2 Å². The average molecular weight is 350 g/mol. The lowest BCUT2D eigenvalue weighted by atomic mass is 10.2. The van der Waals surface area contributed by atoms with E-state index < -0.39 is 11.6 Å². The Hall–Kier alpha value is -3.21. The smallest absolute Gasteiger partial charge is 0.159 e. The highest BCUT2D eigenvalue weighted by Crippen LogP contribution is 2.28. The molecule has 0 aliphatic rings. The molecular formula is C21H16F2N2O. The molecule has 1 heterocycles. The van der Waals surface area contributed by atoms with Gasteiger partial charge in [-0.25, -0.2) is 13.8 Å². The third-order valence-corrected chi connectivity index (χ3v) is 4.31. The van der Waals surface area contributed by atoms with Crippen molar-refractivity contribution in [3.63, 3.8) is 0 Å². The summed E-state index contributed by atoms with van der Waals surface area (Å²) in [6.07, 6.45) is 0. The van der Waals surface area contributed by atoms with Crippen molar-refractivity contribution in [1.29, 1.82) is 0 Å². The van der Waals surface area contributed by atoms with Crippen molar-refractivity contribution in [2.45, 2.75) is 6.54 Å². The van der Waals surface area contributed by atoms with Crippen LogP contribution in [-0.2, 0) is 6.54 Å². The summed E-state index contributed by atoms with van der Waals surface area (Å²) in [5.74, 6) is -0.222. The Morgan fingerprint density at radius 3 is 2.46 bits per heavy atom. The van der Waals surface area contributed by atoms with Crippen LogP contribution in [0.5, 0.6) is 5.75 Å². The number of fused-ring (bicyclic) bond motifs is 1. The number of halogens is 2. The second-order valence-corrected chi connectivity index (χ2v) is 5.99. The second-order valence-electron chi connectivity index (χ2n) is 5.99. The van der Waals surface area contributed by atoms with Crippen molar-refractivity contribution in [3.05, 3.63) is 83.9 Å². The topological polar surface area (TPSA) is 27.1 Å². The van der Waals surface area contributed by atoms with Gasteiger partial charge in [0.15, 0.2) is 11.6 Å². The minimum atomic E-state index is -0.852. The number of hydrogen-bond donors (Lipinski definition) is 0. The molecule has 130 valence electrons. The molecule has 0 bridgehead atoms. The molecule has 3 nitrogen and oxygen atoms in total. The van der Waals surface area contributed by atoms with Crippen LogP contribution in [0.15, 0.2) is 66.7 Å². The molecule has 0 spiro atoms. The maximum Gasteiger partial charge on any atom is 0.159 e. The van der Waals surface area contributed by atoms with Gasteiger partial charge >= 0.3 is 0 Å². The maximum absolute atomic E-state index is 13.6. The Kier molecular flexibility index (Phi) is 4.13. The first-order chi connectivity index (χ1) is 12.7. The number of methoxy groups -OCH3 is 1. The van der Waals surface area contributed by atoms with E-state index in [1.165, 1.54) is 6.07 Å².